The van der Waals surface area contributed by atoms with E-state index >= 15 is 0 Å². The zero-order valence-electron chi connectivity index (χ0n) is 14.5. The number of rotatable bonds is 3. The number of allylic oxidation sites excluding steroid dienone is 1. The first-order chi connectivity index (χ1) is 10.4. The van der Waals surface area contributed by atoms with E-state index in [0.717, 1.165) is 4.75 Å². The predicted octanol–water partition coefficient (Wildman–Crippen LogP) is 4.44. The quantitative estimate of drug-likeness (QED) is 0.567. The van der Waals surface area contributed by atoms with Crippen LogP contribution in [-0.4, -0.2) is 13.3 Å². The molecule has 0 aliphatic carbocycles. The van der Waals surface area contributed by atoms with Crippen molar-refractivity contribution in [2.45, 2.75) is 44.6 Å². The zero-order chi connectivity index (χ0) is 16.1. The molecule has 2 aromatic rings. The summed E-state index contributed by atoms with van der Waals surface area (Å²) in [5.41, 5.74) is 7.04. The monoisotopic (exact) mass is 352 g/mol. The van der Waals surface area contributed by atoms with Gasteiger partial charge in [0.05, 0.1) is 0 Å². The second-order valence-corrected chi connectivity index (χ2v) is 16.0. The SMILES string of the molecule is C=C(C)[CH]1[CH2][Ge]1([c]1ccc(C)c(C)c1)[c]1ccc(C)c(C)c1. The van der Waals surface area contributed by atoms with Gasteiger partial charge in [0.15, 0.2) is 0 Å². The van der Waals surface area contributed by atoms with Gasteiger partial charge in [0.2, 0.25) is 0 Å². The van der Waals surface area contributed by atoms with Crippen LogP contribution in [0.15, 0.2) is 48.6 Å². The Bertz CT molecular complexity index is 703. The Hall–Kier alpha value is -1.28. The number of hydrogen-bond donors (Lipinski definition) is 0. The van der Waals surface area contributed by atoms with Crippen molar-refractivity contribution < 1.29 is 0 Å². The first-order valence-electron chi connectivity index (χ1n) is 8.17. The summed E-state index contributed by atoms with van der Waals surface area (Å²) < 4.78 is 4.03. The van der Waals surface area contributed by atoms with Gasteiger partial charge in [-0.15, -0.1) is 0 Å². The summed E-state index contributed by atoms with van der Waals surface area (Å²) >= 11 is -2.22. The van der Waals surface area contributed by atoms with Crippen LogP contribution in [-0.2, 0) is 0 Å². The molecule has 0 amide bonds. The molecule has 0 nitrogen and oxygen atoms in total. The summed E-state index contributed by atoms with van der Waals surface area (Å²) in [6, 6.07) is 14.4. The molecule has 0 N–H and O–H groups in total. The molecule has 1 aliphatic heterocycles. The molecular formula is C21H26Ge. The Morgan fingerprint density at radius 1 is 0.864 bits per heavy atom. The molecule has 0 radical (unpaired) electrons. The topological polar surface area (TPSA) is 0 Å². The summed E-state index contributed by atoms with van der Waals surface area (Å²) in [5.74, 6) is 0. The van der Waals surface area contributed by atoms with E-state index in [2.05, 4.69) is 77.6 Å². The Morgan fingerprint density at radius 3 is 1.64 bits per heavy atom. The molecule has 0 aromatic heterocycles. The van der Waals surface area contributed by atoms with Crippen LogP contribution in [0.2, 0.25) is 10.0 Å². The fourth-order valence-corrected chi connectivity index (χ4v) is 16.5. The summed E-state index contributed by atoms with van der Waals surface area (Å²) in [7, 11) is 0. The molecule has 1 aliphatic rings. The Kier molecular flexibility index (Phi) is 3.84. The molecule has 0 saturated carbocycles. The van der Waals surface area contributed by atoms with Crippen molar-refractivity contribution in [3.05, 3.63) is 70.8 Å². The third kappa shape index (κ3) is 2.38. The number of aryl methyl sites for hydroxylation is 4. The van der Waals surface area contributed by atoms with E-state index in [1.807, 2.05) is 0 Å². The van der Waals surface area contributed by atoms with E-state index in [0.29, 0.717) is 0 Å². The van der Waals surface area contributed by atoms with Gasteiger partial charge in [-0.25, -0.2) is 0 Å². The van der Waals surface area contributed by atoms with Crippen LogP contribution in [0.3, 0.4) is 0 Å². The Morgan fingerprint density at radius 2 is 1.32 bits per heavy atom. The van der Waals surface area contributed by atoms with Crippen molar-refractivity contribution in [2.24, 2.45) is 0 Å². The first-order valence-corrected chi connectivity index (χ1v) is 13.0. The molecule has 0 spiro atoms. The van der Waals surface area contributed by atoms with Gasteiger partial charge in [-0.05, 0) is 0 Å². The molecule has 2 aromatic carbocycles. The molecule has 114 valence electrons. The Balaban J connectivity index is 2.16. The standard InChI is InChI=1S/C21H26Ge/c1-14(2)21-13-22(21,19-9-7-15(3)17(5)11-19)20-10-8-16(4)18(6)12-20/h7-12,21H,1,13H2,2-6H3. The summed E-state index contributed by atoms with van der Waals surface area (Å²) in [6.07, 6.45) is 0. The van der Waals surface area contributed by atoms with Crippen LogP contribution < -0.4 is 8.79 Å². The van der Waals surface area contributed by atoms with Crippen LogP contribution in [0.4, 0.5) is 0 Å². The van der Waals surface area contributed by atoms with Gasteiger partial charge in [-0.1, -0.05) is 0 Å². The molecule has 1 unspecified atom stereocenters. The molecule has 1 atom stereocenters. The minimum atomic E-state index is -2.22. The van der Waals surface area contributed by atoms with E-state index in [-0.39, 0.29) is 0 Å². The number of hydrogen-bond acceptors (Lipinski definition) is 0. The maximum absolute atomic E-state index is 4.29. The van der Waals surface area contributed by atoms with Gasteiger partial charge in [-0.3, -0.25) is 0 Å². The van der Waals surface area contributed by atoms with Gasteiger partial charge in [-0.2, -0.15) is 0 Å². The van der Waals surface area contributed by atoms with E-state index in [4.69, 9.17) is 0 Å². The predicted molar refractivity (Wildman–Crippen MR) is 100 cm³/mol. The van der Waals surface area contributed by atoms with Crippen LogP contribution in [0.25, 0.3) is 0 Å². The molecule has 1 heterocycles. The molecule has 1 fully saturated rings. The van der Waals surface area contributed by atoms with E-state index < -0.39 is 13.3 Å². The Labute approximate surface area is 137 Å². The first kappa shape index (κ1) is 15.6. The van der Waals surface area contributed by atoms with Gasteiger partial charge in [0.1, 0.15) is 0 Å². The summed E-state index contributed by atoms with van der Waals surface area (Å²) in [6.45, 7) is 15.4. The molecular weight excluding hydrogens is 325 g/mol. The van der Waals surface area contributed by atoms with E-state index in [9.17, 15) is 0 Å². The van der Waals surface area contributed by atoms with Crippen molar-refractivity contribution in [2.75, 3.05) is 0 Å². The molecule has 22 heavy (non-hydrogen) atoms. The van der Waals surface area contributed by atoms with Crippen molar-refractivity contribution in [3.8, 4) is 0 Å². The third-order valence-electron chi connectivity index (χ3n) is 5.60. The average Bonchev–Trinajstić information content (AvgIpc) is 3.22. The van der Waals surface area contributed by atoms with E-state index in [1.165, 1.54) is 33.1 Å². The van der Waals surface area contributed by atoms with Crippen molar-refractivity contribution in [3.63, 3.8) is 0 Å². The van der Waals surface area contributed by atoms with Crippen LogP contribution in [0.1, 0.15) is 29.2 Å². The second kappa shape index (κ2) is 5.42. The van der Waals surface area contributed by atoms with E-state index in [1.54, 1.807) is 8.79 Å². The average molecular weight is 351 g/mol. The van der Waals surface area contributed by atoms with Crippen LogP contribution >= 0.6 is 0 Å². The molecule has 1 heteroatoms. The molecule has 3 rings (SSSR count). The molecule has 1 saturated heterocycles. The fourth-order valence-electron chi connectivity index (χ4n) is 3.70. The van der Waals surface area contributed by atoms with Crippen LogP contribution in [0, 0.1) is 27.7 Å². The number of benzene rings is 2. The summed E-state index contributed by atoms with van der Waals surface area (Å²) in [4.78, 5) is 0. The zero-order valence-corrected chi connectivity index (χ0v) is 16.6. The minimum absolute atomic E-state index is 0.754. The van der Waals surface area contributed by atoms with Gasteiger partial charge >= 0.3 is 137 Å². The normalized spacial score (nSPS) is 19.0. The third-order valence-corrected chi connectivity index (χ3v) is 16.3. The fraction of sp³-hybridized carbons (Fsp3) is 0.333. The molecule has 0 bridgehead atoms. The maximum atomic E-state index is 4.29. The summed E-state index contributed by atoms with van der Waals surface area (Å²) in [5, 5.41) is 1.38. The van der Waals surface area contributed by atoms with Crippen molar-refractivity contribution >= 4 is 22.1 Å². The van der Waals surface area contributed by atoms with Gasteiger partial charge in [0, 0.05) is 0 Å². The second-order valence-electron chi connectivity index (χ2n) is 7.17. The van der Waals surface area contributed by atoms with Gasteiger partial charge < -0.3 is 0 Å². The van der Waals surface area contributed by atoms with Gasteiger partial charge in [0.25, 0.3) is 0 Å². The van der Waals surface area contributed by atoms with Crippen molar-refractivity contribution in [1.29, 1.82) is 0 Å². The van der Waals surface area contributed by atoms with Crippen LogP contribution in [0.5, 0.6) is 0 Å². The van der Waals surface area contributed by atoms with Crippen molar-refractivity contribution in [1.82, 2.24) is 0 Å².